The Labute approximate surface area is 183 Å². The first kappa shape index (κ1) is 22.8. The summed E-state index contributed by atoms with van der Waals surface area (Å²) in [4.78, 5) is 24.5. The summed E-state index contributed by atoms with van der Waals surface area (Å²) in [5, 5.41) is 14.2. The molecule has 8 heteroatoms. The average Bonchev–Trinajstić information content (AvgIpc) is 3.27. The molecule has 0 radical (unpaired) electrons. The number of amides is 2. The van der Waals surface area contributed by atoms with E-state index >= 15 is 0 Å². The predicted molar refractivity (Wildman–Crippen MR) is 118 cm³/mol. The van der Waals surface area contributed by atoms with Gasteiger partial charge in [0.25, 0.3) is 5.91 Å². The van der Waals surface area contributed by atoms with Gasteiger partial charge in [-0.05, 0) is 55.7 Å². The highest BCUT2D eigenvalue weighted by atomic mass is 16.5. The number of aromatic nitrogens is 3. The highest BCUT2D eigenvalue weighted by Crippen LogP contribution is 2.28. The monoisotopic (exact) mass is 427 g/mol. The first-order valence-electron chi connectivity index (χ1n) is 11.1. The van der Waals surface area contributed by atoms with Crippen LogP contribution in [0.3, 0.4) is 0 Å². The van der Waals surface area contributed by atoms with Gasteiger partial charge in [-0.25, -0.2) is 4.68 Å². The van der Waals surface area contributed by atoms with E-state index in [4.69, 9.17) is 4.74 Å². The van der Waals surface area contributed by atoms with Crippen LogP contribution in [-0.2, 0) is 11.2 Å². The standard InChI is InChI=1S/C23H33N5O3/c1-16(2)14-24-23(30)21-15-28(27-26-21)19-9-7-18(8-10-19)25-22(29)13-6-17-4-11-20(31-3)12-5-17/h4-5,11-12,15-16,18-19H,6-10,13-14H2,1-3H3,(H,24,30)(H,25,29). The minimum Gasteiger partial charge on any atom is -0.497 e. The molecule has 2 amide bonds. The van der Waals surface area contributed by atoms with Gasteiger partial charge in [-0.1, -0.05) is 31.2 Å². The van der Waals surface area contributed by atoms with Crippen LogP contribution in [0.1, 0.15) is 68.0 Å². The maximum atomic E-state index is 12.3. The molecular weight excluding hydrogens is 394 g/mol. The third-order valence-electron chi connectivity index (χ3n) is 5.65. The SMILES string of the molecule is COc1ccc(CCC(=O)NC2CCC(n3cc(C(=O)NCC(C)C)nn3)CC2)cc1. The summed E-state index contributed by atoms with van der Waals surface area (Å²) in [6, 6.07) is 8.22. The number of hydrogen-bond donors (Lipinski definition) is 2. The van der Waals surface area contributed by atoms with Crippen LogP contribution in [0.5, 0.6) is 5.75 Å². The van der Waals surface area contributed by atoms with Crippen molar-refractivity contribution in [2.45, 2.75) is 64.5 Å². The number of benzene rings is 1. The summed E-state index contributed by atoms with van der Waals surface area (Å²) in [5.41, 5.74) is 1.48. The fourth-order valence-corrected chi connectivity index (χ4v) is 3.78. The van der Waals surface area contributed by atoms with E-state index in [1.165, 1.54) is 0 Å². The van der Waals surface area contributed by atoms with E-state index in [0.717, 1.165) is 37.0 Å². The van der Waals surface area contributed by atoms with Gasteiger partial charge in [-0.2, -0.15) is 0 Å². The van der Waals surface area contributed by atoms with Crippen LogP contribution in [0, 0.1) is 5.92 Å². The zero-order valence-corrected chi connectivity index (χ0v) is 18.6. The Morgan fingerprint density at radius 2 is 1.87 bits per heavy atom. The lowest BCUT2D eigenvalue weighted by atomic mass is 9.91. The molecule has 0 aliphatic heterocycles. The second-order valence-electron chi connectivity index (χ2n) is 8.61. The number of hydrogen-bond acceptors (Lipinski definition) is 5. The molecular formula is C23H33N5O3. The number of ether oxygens (including phenoxy) is 1. The maximum absolute atomic E-state index is 12.3. The van der Waals surface area contributed by atoms with Crippen LogP contribution < -0.4 is 15.4 Å². The average molecular weight is 428 g/mol. The topological polar surface area (TPSA) is 98.1 Å². The molecule has 3 rings (SSSR count). The van der Waals surface area contributed by atoms with Gasteiger partial charge in [0, 0.05) is 19.0 Å². The lowest BCUT2D eigenvalue weighted by Gasteiger charge is -2.29. The number of carbonyl (C=O) groups is 2. The number of aryl methyl sites for hydroxylation is 1. The minimum atomic E-state index is -0.183. The number of carbonyl (C=O) groups excluding carboxylic acids is 2. The first-order chi connectivity index (χ1) is 14.9. The first-order valence-corrected chi connectivity index (χ1v) is 11.1. The summed E-state index contributed by atoms with van der Waals surface area (Å²) in [6.45, 7) is 4.72. The Morgan fingerprint density at radius 1 is 1.16 bits per heavy atom. The highest BCUT2D eigenvalue weighted by molar-refractivity contribution is 5.91. The molecule has 8 nitrogen and oxygen atoms in total. The van der Waals surface area contributed by atoms with Crippen molar-refractivity contribution in [2.75, 3.05) is 13.7 Å². The molecule has 2 aromatic rings. The number of methoxy groups -OCH3 is 1. The Morgan fingerprint density at radius 3 is 2.52 bits per heavy atom. The fraction of sp³-hybridized carbons (Fsp3) is 0.565. The van der Waals surface area contributed by atoms with Crippen molar-refractivity contribution >= 4 is 11.8 Å². The van der Waals surface area contributed by atoms with E-state index in [9.17, 15) is 9.59 Å². The largest absolute Gasteiger partial charge is 0.497 e. The van der Waals surface area contributed by atoms with E-state index in [1.54, 1.807) is 18.0 Å². The molecule has 31 heavy (non-hydrogen) atoms. The quantitative estimate of drug-likeness (QED) is 0.641. The van der Waals surface area contributed by atoms with Crippen molar-refractivity contribution in [3.63, 3.8) is 0 Å². The van der Waals surface area contributed by atoms with E-state index in [2.05, 4.69) is 20.9 Å². The lowest BCUT2D eigenvalue weighted by Crippen LogP contribution is -2.38. The molecule has 0 saturated heterocycles. The number of nitrogens with zero attached hydrogens (tertiary/aromatic N) is 3. The van der Waals surface area contributed by atoms with Crippen LogP contribution in [-0.4, -0.2) is 46.5 Å². The van der Waals surface area contributed by atoms with Crippen molar-refractivity contribution in [3.05, 3.63) is 41.7 Å². The summed E-state index contributed by atoms with van der Waals surface area (Å²) < 4.78 is 6.96. The molecule has 1 saturated carbocycles. The van der Waals surface area contributed by atoms with Crippen molar-refractivity contribution in [1.29, 1.82) is 0 Å². The molecule has 1 aliphatic carbocycles. The van der Waals surface area contributed by atoms with Crippen LogP contribution >= 0.6 is 0 Å². The molecule has 1 heterocycles. The molecule has 1 aromatic heterocycles. The summed E-state index contributed by atoms with van der Waals surface area (Å²) >= 11 is 0. The Kier molecular flexibility index (Phi) is 8.03. The molecule has 1 aliphatic rings. The molecule has 0 bridgehead atoms. The van der Waals surface area contributed by atoms with Crippen molar-refractivity contribution in [3.8, 4) is 5.75 Å². The third kappa shape index (κ3) is 6.80. The molecule has 0 spiro atoms. The van der Waals surface area contributed by atoms with Crippen LogP contribution in [0.15, 0.2) is 30.5 Å². The van der Waals surface area contributed by atoms with Gasteiger partial charge >= 0.3 is 0 Å². The summed E-state index contributed by atoms with van der Waals surface area (Å²) in [5.74, 6) is 1.11. The Balaban J connectivity index is 1.40. The number of rotatable bonds is 9. The lowest BCUT2D eigenvalue weighted by molar-refractivity contribution is -0.122. The predicted octanol–water partition coefficient (Wildman–Crippen LogP) is 2.91. The molecule has 2 N–H and O–H groups in total. The summed E-state index contributed by atoms with van der Waals surface area (Å²) in [7, 11) is 1.64. The van der Waals surface area contributed by atoms with E-state index in [1.807, 2.05) is 38.1 Å². The van der Waals surface area contributed by atoms with Crippen molar-refractivity contribution < 1.29 is 14.3 Å². The molecule has 168 valence electrons. The molecule has 0 atom stereocenters. The Bertz CT molecular complexity index is 854. The molecule has 1 fully saturated rings. The second-order valence-corrected chi connectivity index (χ2v) is 8.61. The van der Waals surface area contributed by atoms with E-state index in [0.29, 0.717) is 31.0 Å². The normalized spacial score (nSPS) is 18.6. The second kappa shape index (κ2) is 10.9. The number of nitrogens with one attached hydrogen (secondary N) is 2. The van der Waals surface area contributed by atoms with Gasteiger partial charge in [0.05, 0.1) is 19.3 Å². The third-order valence-corrected chi connectivity index (χ3v) is 5.65. The maximum Gasteiger partial charge on any atom is 0.273 e. The minimum absolute atomic E-state index is 0.0872. The Hall–Kier alpha value is -2.90. The van der Waals surface area contributed by atoms with Crippen molar-refractivity contribution in [1.82, 2.24) is 25.6 Å². The zero-order valence-electron chi connectivity index (χ0n) is 18.6. The van der Waals surface area contributed by atoms with Gasteiger partial charge in [0.15, 0.2) is 5.69 Å². The van der Waals surface area contributed by atoms with Gasteiger partial charge in [-0.15, -0.1) is 5.10 Å². The fourth-order valence-electron chi connectivity index (χ4n) is 3.78. The van der Waals surface area contributed by atoms with Gasteiger partial charge in [-0.3, -0.25) is 9.59 Å². The molecule has 1 aromatic carbocycles. The van der Waals surface area contributed by atoms with Gasteiger partial charge in [0.1, 0.15) is 5.75 Å². The van der Waals surface area contributed by atoms with E-state index < -0.39 is 0 Å². The molecule has 0 unspecified atom stereocenters. The van der Waals surface area contributed by atoms with Crippen molar-refractivity contribution in [2.24, 2.45) is 5.92 Å². The van der Waals surface area contributed by atoms with E-state index in [-0.39, 0.29) is 23.9 Å². The zero-order chi connectivity index (χ0) is 22.2. The van der Waals surface area contributed by atoms with Crippen LogP contribution in [0.4, 0.5) is 0 Å². The highest BCUT2D eigenvalue weighted by Gasteiger charge is 2.25. The van der Waals surface area contributed by atoms with Crippen LogP contribution in [0.2, 0.25) is 0 Å². The van der Waals surface area contributed by atoms with Crippen LogP contribution in [0.25, 0.3) is 0 Å². The smallest absolute Gasteiger partial charge is 0.273 e. The van der Waals surface area contributed by atoms with Gasteiger partial charge < -0.3 is 15.4 Å². The van der Waals surface area contributed by atoms with Gasteiger partial charge in [0.2, 0.25) is 5.91 Å². The summed E-state index contributed by atoms with van der Waals surface area (Å²) in [6.07, 6.45) is 6.52.